The molecule has 0 atom stereocenters. The predicted octanol–water partition coefficient (Wildman–Crippen LogP) is 3.75. The summed E-state index contributed by atoms with van der Waals surface area (Å²) in [4.78, 5) is 12.7. The molecule has 1 aromatic heterocycles. The minimum atomic E-state index is -0.500. The largest absolute Gasteiger partial charge is 0.486 e. The van der Waals surface area contributed by atoms with E-state index in [0.717, 1.165) is 0 Å². The second-order valence-electron chi connectivity index (χ2n) is 5.91. The Labute approximate surface area is 159 Å². The highest BCUT2D eigenvalue weighted by Gasteiger charge is 2.21. The average Bonchev–Trinajstić information content (AvgIpc) is 3.10. The van der Waals surface area contributed by atoms with E-state index >= 15 is 0 Å². The molecule has 0 aliphatic carbocycles. The van der Waals surface area contributed by atoms with Crippen LogP contribution in [0.1, 0.15) is 15.9 Å². The number of ether oxygens (including phenoxy) is 2. The van der Waals surface area contributed by atoms with Gasteiger partial charge in [0.2, 0.25) is 0 Å². The summed E-state index contributed by atoms with van der Waals surface area (Å²) in [5.74, 6) is 0.595. The highest BCUT2D eigenvalue weighted by molar-refractivity contribution is 6.30. The molecule has 6 nitrogen and oxygen atoms in total. The fraction of sp³-hybridized carbons (Fsp3) is 0.158. The first-order valence-electron chi connectivity index (χ1n) is 8.27. The molecule has 1 N–H and O–H groups in total. The summed E-state index contributed by atoms with van der Waals surface area (Å²) in [5.41, 5.74) is 1.04. The van der Waals surface area contributed by atoms with Crippen LogP contribution in [0.25, 0.3) is 0 Å². The van der Waals surface area contributed by atoms with Crippen LogP contribution < -0.4 is 14.8 Å². The van der Waals surface area contributed by atoms with E-state index in [1.165, 1.54) is 12.1 Å². The number of anilines is 1. The van der Waals surface area contributed by atoms with Gasteiger partial charge in [-0.2, -0.15) is 5.10 Å². The SMILES string of the molecule is O=C(Nc1ccnn1Cc1ccc(Cl)c(F)c1)c1cccc2c1OCCO2. The maximum Gasteiger partial charge on any atom is 0.260 e. The first-order valence-corrected chi connectivity index (χ1v) is 8.65. The lowest BCUT2D eigenvalue weighted by Gasteiger charge is -2.20. The zero-order valence-electron chi connectivity index (χ0n) is 14.1. The molecular weight excluding hydrogens is 373 g/mol. The van der Waals surface area contributed by atoms with Gasteiger partial charge in [-0.25, -0.2) is 9.07 Å². The third-order valence-corrected chi connectivity index (χ3v) is 4.39. The Morgan fingerprint density at radius 1 is 1.22 bits per heavy atom. The van der Waals surface area contributed by atoms with Gasteiger partial charge < -0.3 is 14.8 Å². The summed E-state index contributed by atoms with van der Waals surface area (Å²) >= 11 is 5.71. The van der Waals surface area contributed by atoms with Crippen molar-refractivity contribution in [2.24, 2.45) is 0 Å². The topological polar surface area (TPSA) is 65.4 Å². The van der Waals surface area contributed by atoms with Gasteiger partial charge in [-0.3, -0.25) is 4.79 Å². The lowest BCUT2D eigenvalue weighted by Crippen LogP contribution is -2.21. The summed E-state index contributed by atoms with van der Waals surface area (Å²) in [6.45, 7) is 1.11. The monoisotopic (exact) mass is 387 g/mol. The van der Waals surface area contributed by atoms with Crippen LogP contribution in [0.5, 0.6) is 11.5 Å². The van der Waals surface area contributed by atoms with Crippen molar-refractivity contribution in [1.82, 2.24) is 9.78 Å². The van der Waals surface area contributed by atoms with Crippen LogP contribution in [0, 0.1) is 5.82 Å². The van der Waals surface area contributed by atoms with Gasteiger partial charge in [0.25, 0.3) is 5.91 Å². The van der Waals surface area contributed by atoms with Crippen molar-refractivity contribution < 1.29 is 18.7 Å². The molecule has 1 aliphatic rings. The van der Waals surface area contributed by atoms with E-state index < -0.39 is 5.82 Å². The second kappa shape index (κ2) is 7.28. The Hall–Kier alpha value is -3.06. The van der Waals surface area contributed by atoms with Crippen LogP contribution >= 0.6 is 11.6 Å². The van der Waals surface area contributed by atoms with E-state index in [2.05, 4.69) is 10.4 Å². The molecule has 1 amide bonds. The van der Waals surface area contributed by atoms with Crippen LogP contribution in [-0.4, -0.2) is 28.9 Å². The normalized spacial score (nSPS) is 12.7. The Morgan fingerprint density at radius 3 is 2.93 bits per heavy atom. The number of aromatic nitrogens is 2. The molecule has 0 bridgehead atoms. The number of carbonyl (C=O) groups excluding carboxylic acids is 1. The summed E-state index contributed by atoms with van der Waals surface area (Å²) in [6.07, 6.45) is 1.56. The molecular formula is C19H15ClFN3O3. The van der Waals surface area contributed by atoms with E-state index in [1.807, 2.05) is 0 Å². The maximum atomic E-state index is 13.6. The molecule has 0 radical (unpaired) electrons. The number of rotatable bonds is 4. The van der Waals surface area contributed by atoms with Crippen molar-refractivity contribution in [3.63, 3.8) is 0 Å². The summed E-state index contributed by atoms with van der Waals surface area (Å²) in [6, 6.07) is 11.4. The molecule has 3 aromatic rings. The number of para-hydroxylation sites is 1. The van der Waals surface area contributed by atoms with E-state index in [-0.39, 0.29) is 17.5 Å². The van der Waals surface area contributed by atoms with Gasteiger partial charge in [0, 0.05) is 6.07 Å². The number of amides is 1. The highest BCUT2D eigenvalue weighted by atomic mass is 35.5. The zero-order valence-corrected chi connectivity index (χ0v) is 14.9. The third kappa shape index (κ3) is 3.59. The number of hydrogen-bond acceptors (Lipinski definition) is 4. The molecule has 0 saturated heterocycles. The van der Waals surface area contributed by atoms with E-state index in [4.69, 9.17) is 21.1 Å². The molecule has 138 valence electrons. The summed E-state index contributed by atoms with van der Waals surface area (Å²) in [5, 5.41) is 7.06. The minimum absolute atomic E-state index is 0.0591. The van der Waals surface area contributed by atoms with Gasteiger partial charge in [-0.15, -0.1) is 0 Å². The van der Waals surface area contributed by atoms with Gasteiger partial charge in [-0.05, 0) is 29.8 Å². The molecule has 0 spiro atoms. The fourth-order valence-electron chi connectivity index (χ4n) is 2.81. The van der Waals surface area contributed by atoms with Gasteiger partial charge >= 0.3 is 0 Å². The van der Waals surface area contributed by atoms with Crippen LogP contribution in [0.3, 0.4) is 0 Å². The Morgan fingerprint density at radius 2 is 2.07 bits per heavy atom. The Balaban J connectivity index is 1.55. The molecule has 27 heavy (non-hydrogen) atoms. The molecule has 4 rings (SSSR count). The molecule has 8 heteroatoms. The van der Waals surface area contributed by atoms with Gasteiger partial charge in [0.05, 0.1) is 23.3 Å². The lowest BCUT2D eigenvalue weighted by atomic mass is 10.1. The number of halogens is 2. The van der Waals surface area contributed by atoms with Crippen LogP contribution in [0.2, 0.25) is 5.02 Å². The van der Waals surface area contributed by atoms with Crippen molar-refractivity contribution in [2.75, 3.05) is 18.5 Å². The van der Waals surface area contributed by atoms with E-state index in [1.54, 1.807) is 41.2 Å². The van der Waals surface area contributed by atoms with E-state index in [0.29, 0.717) is 41.7 Å². The third-order valence-electron chi connectivity index (χ3n) is 4.09. The van der Waals surface area contributed by atoms with Crippen molar-refractivity contribution >= 4 is 23.3 Å². The number of benzene rings is 2. The Bertz CT molecular complexity index is 1010. The molecule has 0 saturated carbocycles. The highest BCUT2D eigenvalue weighted by Crippen LogP contribution is 2.34. The number of nitrogens with zero attached hydrogens (tertiary/aromatic N) is 2. The number of nitrogens with one attached hydrogen (secondary N) is 1. The maximum absolute atomic E-state index is 13.6. The fourth-order valence-corrected chi connectivity index (χ4v) is 2.93. The number of fused-ring (bicyclic) bond motifs is 1. The van der Waals surface area contributed by atoms with Crippen molar-refractivity contribution in [2.45, 2.75) is 6.54 Å². The lowest BCUT2D eigenvalue weighted by molar-refractivity contribution is 0.101. The second-order valence-corrected chi connectivity index (χ2v) is 6.31. The van der Waals surface area contributed by atoms with Crippen molar-refractivity contribution in [3.8, 4) is 11.5 Å². The first kappa shape index (κ1) is 17.4. The average molecular weight is 388 g/mol. The first-order chi connectivity index (χ1) is 13.1. The predicted molar refractivity (Wildman–Crippen MR) is 98.1 cm³/mol. The molecule has 2 aromatic carbocycles. The molecule has 0 fully saturated rings. The zero-order chi connectivity index (χ0) is 18.8. The van der Waals surface area contributed by atoms with E-state index in [9.17, 15) is 9.18 Å². The van der Waals surface area contributed by atoms with Crippen molar-refractivity contribution in [1.29, 1.82) is 0 Å². The molecule has 0 unspecified atom stereocenters. The van der Waals surface area contributed by atoms with Gasteiger partial charge in [-0.1, -0.05) is 23.7 Å². The minimum Gasteiger partial charge on any atom is -0.486 e. The van der Waals surface area contributed by atoms with Crippen LogP contribution in [0.4, 0.5) is 10.2 Å². The van der Waals surface area contributed by atoms with Gasteiger partial charge in [0.1, 0.15) is 24.8 Å². The number of carbonyl (C=O) groups is 1. The van der Waals surface area contributed by atoms with Crippen molar-refractivity contribution in [3.05, 3.63) is 70.6 Å². The summed E-state index contributed by atoms with van der Waals surface area (Å²) < 4.78 is 26.3. The molecule has 2 heterocycles. The standard InChI is InChI=1S/C19H15ClFN3O3/c20-14-5-4-12(10-15(14)21)11-24-17(6-7-22-24)23-19(25)13-2-1-3-16-18(13)27-9-8-26-16/h1-7,10H,8-9,11H2,(H,23,25). The smallest absolute Gasteiger partial charge is 0.260 e. The van der Waals surface area contributed by atoms with Crippen LogP contribution in [0.15, 0.2) is 48.7 Å². The quantitative estimate of drug-likeness (QED) is 0.740. The van der Waals surface area contributed by atoms with Gasteiger partial charge in [0.15, 0.2) is 11.5 Å². The molecule has 1 aliphatic heterocycles. The Kier molecular flexibility index (Phi) is 4.68. The van der Waals surface area contributed by atoms with Crippen LogP contribution in [-0.2, 0) is 6.54 Å². The number of hydrogen-bond donors (Lipinski definition) is 1. The summed E-state index contributed by atoms with van der Waals surface area (Å²) in [7, 11) is 0.